The van der Waals surface area contributed by atoms with Gasteiger partial charge in [0.05, 0.1) is 29.5 Å². The van der Waals surface area contributed by atoms with Crippen molar-refractivity contribution in [1.29, 1.82) is 0 Å². The van der Waals surface area contributed by atoms with Crippen LogP contribution in [0.1, 0.15) is 36.6 Å². The van der Waals surface area contributed by atoms with Crippen molar-refractivity contribution in [2.75, 3.05) is 25.6 Å². The maximum Gasteiger partial charge on any atom is 0.338 e. The Morgan fingerprint density at radius 2 is 1.59 bits per heavy atom. The van der Waals surface area contributed by atoms with Gasteiger partial charge in [0.15, 0.2) is 6.61 Å². The van der Waals surface area contributed by atoms with Crippen LogP contribution in [0.5, 0.6) is 5.75 Å². The van der Waals surface area contributed by atoms with Gasteiger partial charge in [0.1, 0.15) is 5.75 Å². The summed E-state index contributed by atoms with van der Waals surface area (Å²) in [5.41, 5.74) is 1.92. The lowest BCUT2D eigenvalue weighted by Crippen LogP contribution is -2.31. The number of benzene rings is 3. The summed E-state index contributed by atoms with van der Waals surface area (Å²) < 4.78 is 10.3. The molecule has 3 aromatic carbocycles. The first-order chi connectivity index (χ1) is 16.5. The number of fused-ring (bicyclic) bond motifs is 1. The summed E-state index contributed by atoms with van der Waals surface area (Å²) in [6.07, 6.45) is 0.530. The van der Waals surface area contributed by atoms with Crippen LogP contribution in [-0.4, -0.2) is 48.9 Å². The summed E-state index contributed by atoms with van der Waals surface area (Å²) in [4.78, 5) is 51.3. The molecule has 3 aromatic rings. The molecule has 0 spiro atoms. The van der Waals surface area contributed by atoms with Crippen LogP contribution >= 0.6 is 0 Å². The van der Waals surface area contributed by atoms with Crippen molar-refractivity contribution in [3.63, 3.8) is 0 Å². The Labute approximate surface area is 196 Å². The van der Waals surface area contributed by atoms with Gasteiger partial charge in [-0.1, -0.05) is 42.5 Å². The molecule has 0 aliphatic carbocycles. The van der Waals surface area contributed by atoms with Gasteiger partial charge < -0.3 is 14.8 Å². The average Bonchev–Trinajstić information content (AvgIpc) is 3.11. The highest BCUT2D eigenvalue weighted by Gasteiger charge is 2.35. The molecule has 1 heterocycles. The summed E-state index contributed by atoms with van der Waals surface area (Å²) in [7, 11) is 1.48. The van der Waals surface area contributed by atoms with Gasteiger partial charge in [0.25, 0.3) is 17.7 Å². The lowest BCUT2D eigenvalue weighted by Gasteiger charge is -2.13. The van der Waals surface area contributed by atoms with Gasteiger partial charge >= 0.3 is 5.97 Å². The average molecular weight is 458 g/mol. The Balaban J connectivity index is 1.38. The van der Waals surface area contributed by atoms with Crippen LogP contribution in [0, 0.1) is 0 Å². The molecular weight excluding hydrogens is 436 g/mol. The van der Waals surface area contributed by atoms with E-state index < -0.39 is 30.3 Å². The molecule has 3 amide bonds. The second kappa shape index (κ2) is 9.99. The molecule has 8 nitrogen and oxygen atoms in total. The molecule has 4 rings (SSSR count). The van der Waals surface area contributed by atoms with Gasteiger partial charge in [-0.15, -0.1) is 0 Å². The zero-order valence-electron chi connectivity index (χ0n) is 18.4. The fourth-order valence-corrected chi connectivity index (χ4v) is 3.65. The number of amides is 3. The molecule has 34 heavy (non-hydrogen) atoms. The number of hydrogen-bond acceptors (Lipinski definition) is 6. The number of carbonyl (C=O) groups is 4. The first-order valence-electron chi connectivity index (χ1n) is 10.6. The van der Waals surface area contributed by atoms with Crippen LogP contribution in [0.2, 0.25) is 0 Å². The molecule has 0 unspecified atom stereocenters. The van der Waals surface area contributed by atoms with Crippen molar-refractivity contribution in [2.45, 2.75) is 6.42 Å². The topological polar surface area (TPSA) is 102 Å². The minimum absolute atomic E-state index is 0.0786. The highest BCUT2D eigenvalue weighted by molar-refractivity contribution is 6.22. The number of anilines is 1. The van der Waals surface area contributed by atoms with Crippen molar-refractivity contribution in [3.05, 3.63) is 95.1 Å². The minimum atomic E-state index is -0.777. The van der Waals surface area contributed by atoms with Crippen molar-refractivity contribution in [2.24, 2.45) is 0 Å². The number of nitrogens with zero attached hydrogens (tertiary/aromatic N) is 1. The molecule has 0 fully saturated rings. The Hall–Kier alpha value is -4.46. The normalized spacial score (nSPS) is 12.3. The van der Waals surface area contributed by atoms with E-state index in [1.54, 1.807) is 24.3 Å². The van der Waals surface area contributed by atoms with Gasteiger partial charge in [-0.3, -0.25) is 19.3 Å². The van der Waals surface area contributed by atoms with E-state index in [2.05, 4.69) is 5.32 Å². The van der Waals surface area contributed by atoms with E-state index in [1.165, 1.54) is 30.2 Å². The lowest BCUT2D eigenvalue weighted by molar-refractivity contribution is -0.119. The number of methoxy groups -OCH3 is 1. The smallest absolute Gasteiger partial charge is 0.338 e. The molecule has 1 N–H and O–H groups in total. The lowest BCUT2D eigenvalue weighted by atomic mass is 10.1. The molecule has 0 aromatic heterocycles. The van der Waals surface area contributed by atoms with Crippen molar-refractivity contribution >= 4 is 29.4 Å². The molecule has 0 bridgehead atoms. The van der Waals surface area contributed by atoms with E-state index in [0.29, 0.717) is 17.9 Å². The number of nitrogens with one attached hydrogen (secondary N) is 1. The summed E-state index contributed by atoms with van der Waals surface area (Å²) >= 11 is 0. The second-order valence-corrected chi connectivity index (χ2v) is 7.58. The van der Waals surface area contributed by atoms with Gasteiger partial charge in [-0.05, 0) is 42.3 Å². The molecule has 1 aliphatic rings. The molecule has 8 heteroatoms. The number of para-hydroxylation sites is 2. The van der Waals surface area contributed by atoms with Gasteiger partial charge in [-0.25, -0.2) is 4.79 Å². The molecule has 172 valence electrons. The Morgan fingerprint density at radius 1 is 0.882 bits per heavy atom. The van der Waals surface area contributed by atoms with E-state index in [-0.39, 0.29) is 23.2 Å². The van der Waals surface area contributed by atoms with E-state index in [0.717, 1.165) is 5.56 Å². The minimum Gasteiger partial charge on any atom is -0.495 e. The maximum atomic E-state index is 12.8. The van der Waals surface area contributed by atoms with Gasteiger partial charge in [0.2, 0.25) is 0 Å². The first kappa shape index (κ1) is 22.7. The van der Waals surface area contributed by atoms with Crippen molar-refractivity contribution in [1.82, 2.24) is 4.90 Å². The molecule has 0 atom stereocenters. The summed E-state index contributed by atoms with van der Waals surface area (Å²) in [5, 5.41) is 2.61. The van der Waals surface area contributed by atoms with Crippen LogP contribution in [0.15, 0.2) is 72.8 Å². The van der Waals surface area contributed by atoms with E-state index in [1.807, 2.05) is 30.3 Å². The van der Waals surface area contributed by atoms with Crippen LogP contribution in [0.3, 0.4) is 0 Å². The van der Waals surface area contributed by atoms with E-state index in [9.17, 15) is 19.2 Å². The van der Waals surface area contributed by atoms with Crippen molar-refractivity contribution < 1.29 is 28.7 Å². The maximum absolute atomic E-state index is 12.8. The first-order valence-corrected chi connectivity index (χ1v) is 10.6. The fourth-order valence-electron chi connectivity index (χ4n) is 3.65. The fraction of sp³-hybridized carbons (Fsp3) is 0.154. The van der Waals surface area contributed by atoms with Crippen molar-refractivity contribution in [3.8, 4) is 5.75 Å². The summed E-state index contributed by atoms with van der Waals surface area (Å²) in [6, 6.07) is 20.6. The third-order valence-corrected chi connectivity index (χ3v) is 5.39. The molecule has 0 radical (unpaired) electrons. The standard InChI is InChI=1S/C26H22N2O6/c1-33-22-10-6-5-9-21(22)27-23(29)16-34-26(32)18-11-12-19-20(15-18)25(31)28(24(19)30)14-13-17-7-3-2-4-8-17/h2-12,15H,13-14,16H2,1H3,(H,27,29). The molecule has 1 aliphatic heterocycles. The monoisotopic (exact) mass is 458 g/mol. The third-order valence-electron chi connectivity index (χ3n) is 5.39. The summed E-state index contributed by atoms with van der Waals surface area (Å²) in [6.45, 7) is -0.288. The van der Waals surface area contributed by atoms with E-state index in [4.69, 9.17) is 9.47 Å². The van der Waals surface area contributed by atoms with Crippen LogP contribution in [-0.2, 0) is 16.0 Å². The summed E-state index contributed by atoms with van der Waals surface area (Å²) in [5.74, 6) is -1.70. The Bertz CT molecular complexity index is 1260. The Morgan fingerprint density at radius 3 is 2.35 bits per heavy atom. The third kappa shape index (κ3) is 4.80. The highest BCUT2D eigenvalue weighted by atomic mass is 16.5. The molecular formula is C26H22N2O6. The van der Waals surface area contributed by atoms with Gasteiger partial charge in [-0.2, -0.15) is 0 Å². The SMILES string of the molecule is COc1ccccc1NC(=O)COC(=O)c1ccc2c(c1)C(=O)N(CCc1ccccc1)C2=O. The van der Waals surface area contributed by atoms with Gasteiger partial charge in [0, 0.05) is 6.54 Å². The predicted molar refractivity (Wildman–Crippen MR) is 124 cm³/mol. The van der Waals surface area contributed by atoms with E-state index >= 15 is 0 Å². The number of rotatable bonds is 8. The zero-order chi connectivity index (χ0) is 24.1. The predicted octanol–water partition coefficient (Wildman–Crippen LogP) is 3.33. The molecule has 0 saturated heterocycles. The highest BCUT2D eigenvalue weighted by Crippen LogP contribution is 2.25. The van der Waals surface area contributed by atoms with Crippen LogP contribution < -0.4 is 10.1 Å². The number of carbonyl (C=O) groups excluding carboxylic acids is 4. The number of hydrogen-bond donors (Lipinski definition) is 1. The zero-order valence-corrected chi connectivity index (χ0v) is 18.4. The quantitative estimate of drug-likeness (QED) is 0.410. The Kier molecular flexibility index (Phi) is 6.68. The number of ether oxygens (including phenoxy) is 2. The van der Waals surface area contributed by atoms with Crippen LogP contribution in [0.25, 0.3) is 0 Å². The largest absolute Gasteiger partial charge is 0.495 e. The molecule has 0 saturated carbocycles. The second-order valence-electron chi connectivity index (χ2n) is 7.58. The number of imide groups is 1. The number of esters is 1. The van der Waals surface area contributed by atoms with Crippen LogP contribution in [0.4, 0.5) is 5.69 Å².